The Bertz CT molecular complexity index is 676. The van der Waals surface area contributed by atoms with E-state index in [1.54, 1.807) is 0 Å². The Balaban J connectivity index is 1.69. The van der Waals surface area contributed by atoms with Crippen LogP contribution in [0.4, 0.5) is 0 Å². The molecular formula is C16H20O5S. The molecule has 3 heterocycles. The number of benzene rings is 1. The normalized spacial score (nSPS) is 35.9. The van der Waals surface area contributed by atoms with Crippen LogP contribution in [0.2, 0.25) is 0 Å². The van der Waals surface area contributed by atoms with Crippen LogP contribution in [0.3, 0.4) is 0 Å². The topological polar surface area (TPSA) is 72.8 Å². The molecular weight excluding hydrogens is 304 g/mol. The third kappa shape index (κ3) is 2.12. The van der Waals surface area contributed by atoms with Gasteiger partial charge in [-0.15, -0.1) is 0 Å². The summed E-state index contributed by atoms with van der Waals surface area (Å²) < 4.78 is 35.7. The molecule has 2 fully saturated rings. The molecule has 2 unspecified atom stereocenters. The Labute approximate surface area is 130 Å². The summed E-state index contributed by atoms with van der Waals surface area (Å²) in [6.45, 7) is 1.22. The van der Waals surface area contributed by atoms with Gasteiger partial charge in [-0.05, 0) is 43.4 Å². The molecule has 2 bridgehead atoms. The molecule has 0 aliphatic carbocycles. The fraction of sp³-hybridized carbons (Fsp3) is 0.625. The molecule has 2 saturated heterocycles. The minimum absolute atomic E-state index is 0.283. The van der Waals surface area contributed by atoms with Gasteiger partial charge in [0.25, 0.3) is 0 Å². The minimum Gasteiger partial charge on any atom is -0.490 e. The van der Waals surface area contributed by atoms with Gasteiger partial charge in [-0.3, -0.25) is 0 Å². The number of fused-ring (bicyclic) bond motifs is 3. The monoisotopic (exact) mass is 324 g/mol. The molecule has 0 saturated carbocycles. The fourth-order valence-corrected chi connectivity index (χ4v) is 6.42. The van der Waals surface area contributed by atoms with Gasteiger partial charge in [-0.25, -0.2) is 8.42 Å². The van der Waals surface area contributed by atoms with E-state index in [1.165, 1.54) is 0 Å². The van der Waals surface area contributed by atoms with Crippen molar-refractivity contribution in [3.8, 4) is 11.5 Å². The number of sulfone groups is 1. The van der Waals surface area contributed by atoms with Crippen LogP contribution in [0.15, 0.2) is 18.2 Å². The zero-order valence-corrected chi connectivity index (χ0v) is 13.1. The molecule has 3 aliphatic heterocycles. The van der Waals surface area contributed by atoms with Gasteiger partial charge >= 0.3 is 0 Å². The molecule has 22 heavy (non-hydrogen) atoms. The van der Waals surface area contributed by atoms with Crippen molar-refractivity contribution in [2.45, 2.75) is 48.2 Å². The largest absolute Gasteiger partial charge is 0.490 e. The molecule has 0 spiro atoms. The van der Waals surface area contributed by atoms with Crippen molar-refractivity contribution < 1.29 is 23.0 Å². The second kappa shape index (κ2) is 4.86. The highest BCUT2D eigenvalue weighted by atomic mass is 32.2. The number of hydrogen-bond acceptors (Lipinski definition) is 5. The van der Waals surface area contributed by atoms with Crippen LogP contribution in [-0.2, 0) is 15.4 Å². The first-order valence-electron chi connectivity index (χ1n) is 7.84. The van der Waals surface area contributed by atoms with E-state index in [4.69, 9.17) is 9.47 Å². The van der Waals surface area contributed by atoms with Crippen molar-refractivity contribution in [1.29, 1.82) is 0 Å². The summed E-state index contributed by atoms with van der Waals surface area (Å²) in [6, 6.07) is 5.47. The highest BCUT2D eigenvalue weighted by Gasteiger charge is 2.53. The minimum atomic E-state index is -3.05. The molecule has 2 atom stereocenters. The SMILES string of the molecule is O=S1(=O)C2CCC1CC(O)(c1ccc3c(c1)OCCCO3)C2. The van der Waals surface area contributed by atoms with Gasteiger partial charge in [0.2, 0.25) is 0 Å². The molecule has 3 aliphatic rings. The molecule has 1 aromatic carbocycles. The zero-order chi connectivity index (χ0) is 15.4. The van der Waals surface area contributed by atoms with Crippen molar-refractivity contribution in [2.24, 2.45) is 0 Å². The highest BCUT2D eigenvalue weighted by Crippen LogP contribution is 2.48. The van der Waals surface area contributed by atoms with E-state index in [1.807, 2.05) is 18.2 Å². The van der Waals surface area contributed by atoms with Crippen molar-refractivity contribution in [2.75, 3.05) is 13.2 Å². The summed E-state index contributed by atoms with van der Waals surface area (Å²) >= 11 is 0. The third-order valence-corrected chi connectivity index (χ3v) is 7.82. The summed E-state index contributed by atoms with van der Waals surface area (Å²) in [5.74, 6) is 1.33. The van der Waals surface area contributed by atoms with Gasteiger partial charge in [-0.1, -0.05) is 6.07 Å². The van der Waals surface area contributed by atoms with Crippen molar-refractivity contribution in [3.63, 3.8) is 0 Å². The molecule has 0 aromatic heterocycles. The molecule has 6 heteroatoms. The molecule has 1 N–H and O–H groups in total. The number of hydrogen-bond donors (Lipinski definition) is 1. The Morgan fingerprint density at radius 2 is 1.68 bits per heavy atom. The van der Waals surface area contributed by atoms with Crippen LogP contribution in [0, 0.1) is 0 Å². The highest BCUT2D eigenvalue weighted by molar-refractivity contribution is 7.93. The van der Waals surface area contributed by atoms with E-state index in [2.05, 4.69) is 0 Å². The maximum absolute atomic E-state index is 12.2. The number of aliphatic hydroxyl groups is 1. The average Bonchev–Trinajstić information content (AvgIpc) is 2.73. The van der Waals surface area contributed by atoms with E-state index in [-0.39, 0.29) is 12.8 Å². The number of rotatable bonds is 1. The lowest BCUT2D eigenvalue weighted by Gasteiger charge is -2.36. The summed E-state index contributed by atoms with van der Waals surface area (Å²) in [7, 11) is -3.05. The third-order valence-electron chi connectivity index (χ3n) is 5.16. The van der Waals surface area contributed by atoms with Crippen molar-refractivity contribution >= 4 is 9.84 Å². The Morgan fingerprint density at radius 3 is 2.36 bits per heavy atom. The zero-order valence-electron chi connectivity index (χ0n) is 12.3. The van der Waals surface area contributed by atoms with Gasteiger partial charge in [-0.2, -0.15) is 0 Å². The van der Waals surface area contributed by atoms with E-state index in [0.717, 1.165) is 12.0 Å². The Hall–Kier alpha value is -1.27. The van der Waals surface area contributed by atoms with Gasteiger partial charge in [0.05, 0.1) is 29.3 Å². The second-order valence-electron chi connectivity index (χ2n) is 6.56. The predicted molar refractivity (Wildman–Crippen MR) is 80.9 cm³/mol. The Kier molecular flexibility index (Phi) is 3.17. The van der Waals surface area contributed by atoms with Crippen LogP contribution in [-0.4, -0.2) is 37.2 Å². The van der Waals surface area contributed by atoms with Crippen LogP contribution in [0.5, 0.6) is 11.5 Å². The van der Waals surface area contributed by atoms with Crippen LogP contribution in [0.1, 0.15) is 37.7 Å². The maximum Gasteiger partial charge on any atom is 0.161 e. The fourth-order valence-electron chi connectivity index (χ4n) is 3.93. The lowest BCUT2D eigenvalue weighted by Crippen LogP contribution is -2.43. The average molecular weight is 324 g/mol. The standard InChI is InChI=1S/C16H20O5S/c17-16(9-12-3-4-13(10-16)22(12,18)19)11-2-5-14-15(8-11)21-7-1-6-20-14/h2,5,8,12-13,17H,1,3-4,6-7,9-10H2. The first-order valence-corrected chi connectivity index (χ1v) is 9.45. The van der Waals surface area contributed by atoms with Gasteiger partial charge in [0.1, 0.15) is 0 Å². The van der Waals surface area contributed by atoms with Gasteiger partial charge in [0, 0.05) is 6.42 Å². The Morgan fingerprint density at radius 1 is 1.05 bits per heavy atom. The van der Waals surface area contributed by atoms with Gasteiger partial charge in [0.15, 0.2) is 21.3 Å². The van der Waals surface area contributed by atoms with E-state index in [0.29, 0.717) is 37.6 Å². The van der Waals surface area contributed by atoms with Crippen molar-refractivity contribution in [1.82, 2.24) is 0 Å². The molecule has 5 nitrogen and oxygen atoms in total. The van der Waals surface area contributed by atoms with Crippen LogP contribution in [0.25, 0.3) is 0 Å². The van der Waals surface area contributed by atoms with Crippen LogP contribution < -0.4 is 9.47 Å². The first kappa shape index (κ1) is 14.3. The quantitative estimate of drug-likeness (QED) is 0.852. The van der Waals surface area contributed by atoms with E-state index >= 15 is 0 Å². The van der Waals surface area contributed by atoms with E-state index in [9.17, 15) is 13.5 Å². The van der Waals surface area contributed by atoms with Gasteiger partial charge < -0.3 is 14.6 Å². The predicted octanol–water partition coefficient (Wildman–Crippen LogP) is 1.78. The first-order chi connectivity index (χ1) is 10.5. The second-order valence-corrected chi connectivity index (χ2v) is 9.07. The maximum atomic E-state index is 12.2. The summed E-state index contributed by atoms with van der Waals surface area (Å²) in [6.07, 6.45) is 2.73. The van der Waals surface area contributed by atoms with Crippen molar-refractivity contribution in [3.05, 3.63) is 23.8 Å². The molecule has 0 radical (unpaired) electrons. The van der Waals surface area contributed by atoms with E-state index < -0.39 is 25.9 Å². The van der Waals surface area contributed by atoms with Crippen LogP contribution >= 0.6 is 0 Å². The smallest absolute Gasteiger partial charge is 0.161 e. The molecule has 0 amide bonds. The summed E-state index contributed by atoms with van der Waals surface area (Å²) in [4.78, 5) is 0. The number of ether oxygens (including phenoxy) is 2. The lowest BCUT2D eigenvalue weighted by atomic mass is 9.85. The summed E-state index contributed by atoms with van der Waals surface area (Å²) in [5, 5.41) is 10.2. The molecule has 120 valence electrons. The lowest BCUT2D eigenvalue weighted by molar-refractivity contribution is 0.0171. The molecule has 1 aromatic rings. The summed E-state index contributed by atoms with van der Waals surface area (Å²) in [5.41, 5.74) is -0.342. The molecule has 4 rings (SSSR count).